The number of methoxy groups -OCH3 is 1. The van der Waals surface area contributed by atoms with Crippen molar-refractivity contribution in [2.75, 3.05) is 38.2 Å². The van der Waals surface area contributed by atoms with Gasteiger partial charge in [-0.25, -0.2) is 0 Å². The average Bonchev–Trinajstić information content (AvgIpc) is 2.47. The Bertz CT molecular complexity index is 454. The molecule has 4 heteroatoms. The zero-order chi connectivity index (χ0) is 14.5. The van der Waals surface area contributed by atoms with Crippen molar-refractivity contribution in [3.8, 4) is 0 Å². The molecule has 1 aliphatic heterocycles. The summed E-state index contributed by atoms with van der Waals surface area (Å²) in [5.41, 5.74) is 2.59. The molecule has 1 aromatic carbocycles. The zero-order valence-corrected chi connectivity index (χ0v) is 12.6. The molecule has 1 unspecified atom stereocenters. The van der Waals surface area contributed by atoms with Crippen LogP contribution in [-0.2, 0) is 9.53 Å². The van der Waals surface area contributed by atoms with Crippen LogP contribution in [0.25, 0.3) is 0 Å². The molecule has 1 aromatic rings. The number of hydrogen-bond donors (Lipinski definition) is 0. The lowest BCUT2D eigenvalue weighted by Gasteiger charge is -2.39. The Labute approximate surface area is 121 Å². The van der Waals surface area contributed by atoms with Crippen molar-refractivity contribution >= 4 is 11.7 Å². The Morgan fingerprint density at radius 2 is 2.00 bits per heavy atom. The van der Waals surface area contributed by atoms with Crippen LogP contribution in [0.15, 0.2) is 24.3 Å². The highest BCUT2D eigenvalue weighted by Crippen LogP contribution is 2.19. The van der Waals surface area contributed by atoms with E-state index in [0.29, 0.717) is 6.42 Å². The second-order valence-corrected chi connectivity index (χ2v) is 5.49. The van der Waals surface area contributed by atoms with E-state index < -0.39 is 0 Å². The van der Waals surface area contributed by atoms with Crippen molar-refractivity contribution in [2.45, 2.75) is 26.3 Å². The molecule has 0 radical (unpaired) electrons. The van der Waals surface area contributed by atoms with Gasteiger partial charge >= 0.3 is 5.97 Å². The van der Waals surface area contributed by atoms with Crippen LogP contribution in [0.4, 0.5) is 5.69 Å². The van der Waals surface area contributed by atoms with E-state index in [1.54, 1.807) is 0 Å². The lowest BCUT2D eigenvalue weighted by molar-refractivity contribution is -0.141. The normalized spacial score (nSPS) is 17.9. The fourth-order valence-electron chi connectivity index (χ4n) is 2.70. The summed E-state index contributed by atoms with van der Waals surface area (Å²) in [6, 6.07) is 8.88. The number of esters is 1. The first-order valence-corrected chi connectivity index (χ1v) is 7.22. The molecule has 110 valence electrons. The third-order valence-corrected chi connectivity index (χ3v) is 3.99. The van der Waals surface area contributed by atoms with Gasteiger partial charge in [0.1, 0.15) is 0 Å². The number of aryl methyl sites for hydroxylation is 1. The topological polar surface area (TPSA) is 32.8 Å². The van der Waals surface area contributed by atoms with Crippen molar-refractivity contribution in [3.63, 3.8) is 0 Å². The molecule has 1 atom stereocenters. The molecule has 0 amide bonds. The molecule has 1 heterocycles. The van der Waals surface area contributed by atoms with Gasteiger partial charge < -0.3 is 9.64 Å². The Morgan fingerprint density at radius 1 is 1.30 bits per heavy atom. The molecule has 0 spiro atoms. The Balaban J connectivity index is 1.87. The number of piperazine rings is 1. The van der Waals surface area contributed by atoms with Crippen molar-refractivity contribution in [3.05, 3.63) is 29.8 Å². The molecule has 4 nitrogen and oxygen atoms in total. The van der Waals surface area contributed by atoms with Gasteiger partial charge in [-0.1, -0.05) is 12.1 Å². The molecule has 0 saturated carbocycles. The SMILES string of the molecule is COC(=O)CC(C)N1CCN(c2cccc(C)c2)CC1. The van der Waals surface area contributed by atoms with Crippen LogP contribution < -0.4 is 4.90 Å². The van der Waals surface area contributed by atoms with Gasteiger partial charge in [0.25, 0.3) is 0 Å². The van der Waals surface area contributed by atoms with E-state index in [1.807, 2.05) is 0 Å². The van der Waals surface area contributed by atoms with Crippen molar-refractivity contribution in [1.29, 1.82) is 0 Å². The minimum Gasteiger partial charge on any atom is -0.469 e. The summed E-state index contributed by atoms with van der Waals surface area (Å²) in [5.74, 6) is -0.126. The lowest BCUT2D eigenvalue weighted by Crippen LogP contribution is -2.50. The molecule has 1 aliphatic rings. The average molecular weight is 276 g/mol. The molecule has 0 bridgehead atoms. The number of carbonyl (C=O) groups excluding carboxylic acids is 1. The maximum absolute atomic E-state index is 11.3. The summed E-state index contributed by atoms with van der Waals surface area (Å²) in [4.78, 5) is 16.1. The third kappa shape index (κ3) is 3.73. The highest BCUT2D eigenvalue weighted by atomic mass is 16.5. The van der Waals surface area contributed by atoms with Crippen LogP contribution in [-0.4, -0.2) is 50.2 Å². The van der Waals surface area contributed by atoms with Crippen LogP contribution in [0.1, 0.15) is 18.9 Å². The van der Waals surface area contributed by atoms with E-state index in [1.165, 1.54) is 18.4 Å². The van der Waals surface area contributed by atoms with E-state index in [0.717, 1.165) is 26.2 Å². The molecule has 0 N–H and O–H groups in total. The molecule has 1 fully saturated rings. The fourth-order valence-corrected chi connectivity index (χ4v) is 2.70. The van der Waals surface area contributed by atoms with Crippen LogP contribution in [0.5, 0.6) is 0 Å². The van der Waals surface area contributed by atoms with Crippen molar-refractivity contribution < 1.29 is 9.53 Å². The molecule has 2 rings (SSSR count). The number of rotatable bonds is 4. The van der Waals surface area contributed by atoms with Crippen LogP contribution in [0.2, 0.25) is 0 Å². The summed E-state index contributed by atoms with van der Waals surface area (Å²) >= 11 is 0. The minimum absolute atomic E-state index is 0.126. The maximum atomic E-state index is 11.3. The van der Waals surface area contributed by atoms with Gasteiger partial charge in [-0.15, -0.1) is 0 Å². The zero-order valence-electron chi connectivity index (χ0n) is 12.6. The first kappa shape index (κ1) is 14.9. The largest absolute Gasteiger partial charge is 0.469 e. The Hall–Kier alpha value is -1.55. The van der Waals surface area contributed by atoms with E-state index in [9.17, 15) is 4.79 Å². The standard InChI is InChI=1S/C16H24N2O2/c1-13-5-4-6-15(11-13)18-9-7-17(8-10-18)14(2)12-16(19)20-3/h4-6,11,14H,7-10,12H2,1-3H3. The van der Waals surface area contributed by atoms with Crippen LogP contribution in [0, 0.1) is 6.92 Å². The van der Waals surface area contributed by atoms with Crippen LogP contribution >= 0.6 is 0 Å². The first-order chi connectivity index (χ1) is 9.60. The predicted molar refractivity (Wildman–Crippen MR) is 81.1 cm³/mol. The van der Waals surface area contributed by atoms with Gasteiger partial charge in [-0.3, -0.25) is 9.69 Å². The number of anilines is 1. The summed E-state index contributed by atoms with van der Waals surface area (Å²) < 4.78 is 4.74. The number of nitrogens with zero attached hydrogens (tertiary/aromatic N) is 2. The Kier molecular flexibility index (Phi) is 5.01. The van der Waals surface area contributed by atoms with Gasteiger partial charge in [0.05, 0.1) is 13.5 Å². The lowest BCUT2D eigenvalue weighted by atomic mass is 10.1. The highest BCUT2D eigenvalue weighted by molar-refractivity contribution is 5.69. The van der Waals surface area contributed by atoms with Gasteiger partial charge in [0, 0.05) is 37.9 Å². The summed E-state index contributed by atoms with van der Waals surface area (Å²) in [5, 5.41) is 0. The monoisotopic (exact) mass is 276 g/mol. The molecule has 0 aromatic heterocycles. The van der Waals surface area contributed by atoms with E-state index in [4.69, 9.17) is 4.74 Å². The molecule has 20 heavy (non-hydrogen) atoms. The third-order valence-electron chi connectivity index (χ3n) is 3.99. The predicted octanol–water partition coefficient (Wildman–Crippen LogP) is 2.07. The molecular weight excluding hydrogens is 252 g/mol. The minimum atomic E-state index is -0.126. The summed E-state index contributed by atoms with van der Waals surface area (Å²) in [6.07, 6.45) is 0.473. The van der Waals surface area contributed by atoms with Crippen molar-refractivity contribution in [2.24, 2.45) is 0 Å². The fraction of sp³-hybridized carbons (Fsp3) is 0.562. The van der Waals surface area contributed by atoms with Gasteiger partial charge in [-0.2, -0.15) is 0 Å². The highest BCUT2D eigenvalue weighted by Gasteiger charge is 2.23. The quantitative estimate of drug-likeness (QED) is 0.788. The Morgan fingerprint density at radius 3 is 2.60 bits per heavy atom. The second-order valence-electron chi connectivity index (χ2n) is 5.49. The van der Waals surface area contributed by atoms with E-state index >= 15 is 0 Å². The van der Waals surface area contributed by atoms with Gasteiger partial charge in [0.2, 0.25) is 0 Å². The smallest absolute Gasteiger partial charge is 0.307 e. The summed E-state index contributed by atoms with van der Waals surface area (Å²) in [6.45, 7) is 8.22. The number of carbonyl (C=O) groups is 1. The summed E-state index contributed by atoms with van der Waals surface area (Å²) in [7, 11) is 1.45. The second kappa shape index (κ2) is 6.75. The number of hydrogen-bond acceptors (Lipinski definition) is 4. The number of benzene rings is 1. The molecule has 1 saturated heterocycles. The van der Waals surface area contributed by atoms with Gasteiger partial charge in [0.15, 0.2) is 0 Å². The van der Waals surface area contributed by atoms with Crippen molar-refractivity contribution in [1.82, 2.24) is 4.90 Å². The van der Waals surface area contributed by atoms with E-state index in [2.05, 4.69) is 47.9 Å². The number of ether oxygens (including phenoxy) is 1. The van der Waals surface area contributed by atoms with Gasteiger partial charge in [-0.05, 0) is 31.5 Å². The van der Waals surface area contributed by atoms with E-state index in [-0.39, 0.29) is 12.0 Å². The molecular formula is C16H24N2O2. The van der Waals surface area contributed by atoms with Crippen LogP contribution in [0.3, 0.4) is 0 Å². The molecule has 0 aliphatic carbocycles. The first-order valence-electron chi connectivity index (χ1n) is 7.22. The maximum Gasteiger partial charge on any atom is 0.307 e.